The van der Waals surface area contributed by atoms with E-state index in [0.717, 1.165) is 25.7 Å². The van der Waals surface area contributed by atoms with Crippen molar-refractivity contribution in [2.75, 3.05) is 0 Å². The summed E-state index contributed by atoms with van der Waals surface area (Å²) in [5, 5.41) is 2.98. The summed E-state index contributed by atoms with van der Waals surface area (Å²) in [5.41, 5.74) is -0.415. The van der Waals surface area contributed by atoms with Crippen LogP contribution < -0.4 is 5.32 Å². The molecular formula is C16H29NO2. The Morgan fingerprint density at radius 1 is 1.21 bits per heavy atom. The van der Waals surface area contributed by atoms with Crippen LogP contribution in [-0.4, -0.2) is 17.7 Å². The number of hydrogen-bond donors (Lipinski definition) is 1. The molecule has 0 radical (unpaired) electrons. The van der Waals surface area contributed by atoms with E-state index in [9.17, 15) is 4.79 Å². The van der Waals surface area contributed by atoms with Crippen LogP contribution in [0.4, 0.5) is 4.79 Å². The Balaban J connectivity index is 2.28. The maximum atomic E-state index is 11.7. The van der Waals surface area contributed by atoms with Crippen LogP contribution in [0.1, 0.15) is 60.3 Å². The molecule has 0 saturated heterocycles. The number of nitrogens with one attached hydrogen (secondary N) is 1. The quantitative estimate of drug-likeness (QED) is 0.775. The molecule has 0 aliphatic heterocycles. The van der Waals surface area contributed by atoms with E-state index in [-0.39, 0.29) is 12.1 Å². The van der Waals surface area contributed by atoms with Crippen LogP contribution >= 0.6 is 0 Å². The fourth-order valence-corrected chi connectivity index (χ4v) is 2.31. The molecule has 0 atom stereocenters. The van der Waals surface area contributed by atoms with Gasteiger partial charge in [-0.15, -0.1) is 0 Å². The summed E-state index contributed by atoms with van der Waals surface area (Å²) < 4.78 is 5.28. The molecule has 1 aliphatic rings. The highest BCUT2D eigenvalue weighted by Crippen LogP contribution is 2.26. The highest BCUT2D eigenvalue weighted by Gasteiger charge is 2.23. The fraction of sp³-hybridized carbons (Fsp3) is 0.812. The summed E-state index contributed by atoms with van der Waals surface area (Å²) in [4.78, 5) is 11.7. The molecule has 0 bridgehead atoms. The zero-order valence-electron chi connectivity index (χ0n) is 13.0. The average molecular weight is 267 g/mol. The van der Waals surface area contributed by atoms with Crippen molar-refractivity contribution in [2.45, 2.75) is 71.9 Å². The van der Waals surface area contributed by atoms with E-state index >= 15 is 0 Å². The summed E-state index contributed by atoms with van der Waals surface area (Å²) in [5.74, 6) is 1.30. The first-order valence-corrected chi connectivity index (χ1v) is 7.44. The maximum Gasteiger partial charge on any atom is 0.407 e. The molecule has 0 aromatic rings. The first-order valence-electron chi connectivity index (χ1n) is 7.44. The van der Waals surface area contributed by atoms with Crippen LogP contribution in [0.2, 0.25) is 0 Å². The van der Waals surface area contributed by atoms with Gasteiger partial charge < -0.3 is 10.1 Å². The molecule has 1 aliphatic carbocycles. The van der Waals surface area contributed by atoms with Gasteiger partial charge in [-0.3, -0.25) is 0 Å². The second kappa shape index (κ2) is 6.97. The van der Waals surface area contributed by atoms with E-state index in [1.54, 1.807) is 0 Å². The lowest BCUT2D eigenvalue weighted by Gasteiger charge is -2.29. The van der Waals surface area contributed by atoms with Crippen LogP contribution in [0.3, 0.4) is 0 Å². The van der Waals surface area contributed by atoms with Crippen LogP contribution in [0, 0.1) is 11.8 Å². The normalized spacial score (nSPS) is 24.7. The summed E-state index contributed by atoms with van der Waals surface area (Å²) in [6, 6.07) is 0.276. The minimum Gasteiger partial charge on any atom is -0.444 e. The monoisotopic (exact) mass is 267 g/mol. The zero-order valence-corrected chi connectivity index (χ0v) is 13.0. The van der Waals surface area contributed by atoms with Gasteiger partial charge in [0.05, 0.1) is 0 Å². The Morgan fingerprint density at radius 2 is 1.79 bits per heavy atom. The molecule has 3 heteroatoms. The molecule has 0 aromatic carbocycles. The van der Waals surface area contributed by atoms with E-state index in [1.165, 1.54) is 0 Å². The fourth-order valence-electron chi connectivity index (χ4n) is 2.31. The minimum absolute atomic E-state index is 0.276. The Morgan fingerprint density at radius 3 is 2.26 bits per heavy atom. The predicted octanol–water partition coefficient (Wildman–Crippen LogP) is 4.28. The second-order valence-electron chi connectivity index (χ2n) is 6.89. The largest absolute Gasteiger partial charge is 0.444 e. The number of hydrogen-bond acceptors (Lipinski definition) is 2. The maximum absolute atomic E-state index is 11.7. The van der Waals surface area contributed by atoms with Crippen molar-refractivity contribution in [1.82, 2.24) is 5.32 Å². The third-order valence-corrected chi connectivity index (χ3v) is 3.26. The van der Waals surface area contributed by atoms with E-state index in [1.807, 2.05) is 20.8 Å². The lowest BCUT2D eigenvalue weighted by atomic mass is 9.85. The van der Waals surface area contributed by atoms with E-state index in [4.69, 9.17) is 4.74 Å². The number of carbonyl (C=O) groups is 1. The van der Waals surface area contributed by atoms with Crippen molar-refractivity contribution < 1.29 is 9.53 Å². The van der Waals surface area contributed by atoms with Gasteiger partial charge in [0, 0.05) is 6.04 Å². The molecule has 1 rings (SSSR count). The summed E-state index contributed by atoms with van der Waals surface area (Å²) >= 11 is 0. The predicted molar refractivity (Wildman–Crippen MR) is 79.1 cm³/mol. The Bertz CT molecular complexity index is 307. The van der Waals surface area contributed by atoms with Crippen molar-refractivity contribution in [3.05, 3.63) is 12.2 Å². The van der Waals surface area contributed by atoms with Crippen molar-refractivity contribution in [2.24, 2.45) is 11.8 Å². The summed E-state index contributed by atoms with van der Waals surface area (Å²) in [6.07, 6.45) is 8.75. The Labute approximate surface area is 117 Å². The molecule has 0 unspecified atom stereocenters. The molecule has 1 saturated carbocycles. The lowest BCUT2D eigenvalue weighted by molar-refractivity contribution is 0.0490. The van der Waals surface area contributed by atoms with Crippen molar-refractivity contribution in [1.29, 1.82) is 0 Å². The molecular weight excluding hydrogens is 238 g/mol. The summed E-state index contributed by atoms with van der Waals surface area (Å²) in [6.45, 7) is 10.1. The number of amides is 1. The smallest absolute Gasteiger partial charge is 0.407 e. The number of alkyl carbamates (subject to hydrolysis) is 1. The lowest BCUT2D eigenvalue weighted by Crippen LogP contribution is -2.40. The second-order valence-corrected chi connectivity index (χ2v) is 6.89. The molecule has 3 nitrogen and oxygen atoms in total. The number of allylic oxidation sites excluding steroid dienone is 2. The van der Waals surface area contributed by atoms with Gasteiger partial charge in [0.15, 0.2) is 0 Å². The average Bonchev–Trinajstić information content (AvgIpc) is 2.25. The van der Waals surface area contributed by atoms with Crippen LogP contribution in [0.5, 0.6) is 0 Å². The molecule has 1 amide bonds. The topological polar surface area (TPSA) is 38.3 Å². The SMILES string of the molecule is CC(C)C=CC1CCC(NC(=O)OC(C)(C)C)CC1. The first-order chi connectivity index (χ1) is 8.76. The minimum atomic E-state index is -0.415. The van der Waals surface area contributed by atoms with Gasteiger partial charge in [-0.05, 0) is 58.3 Å². The Kier molecular flexibility index (Phi) is 5.89. The van der Waals surface area contributed by atoms with Crippen LogP contribution in [-0.2, 0) is 4.74 Å². The standard InChI is InChI=1S/C16H29NO2/c1-12(2)6-7-13-8-10-14(11-9-13)17-15(18)19-16(3,4)5/h6-7,12-14H,8-11H2,1-5H3,(H,17,18). The molecule has 0 spiro atoms. The van der Waals surface area contributed by atoms with Crippen LogP contribution in [0.15, 0.2) is 12.2 Å². The highest BCUT2D eigenvalue weighted by atomic mass is 16.6. The number of rotatable bonds is 3. The molecule has 19 heavy (non-hydrogen) atoms. The van der Waals surface area contributed by atoms with Gasteiger partial charge in [-0.2, -0.15) is 0 Å². The van der Waals surface area contributed by atoms with Crippen molar-refractivity contribution in [3.63, 3.8) is 0 Å². The molecule has 1 N–H and O–H groups in total. The van der Waals surface area contributed by atoms with Gasteiger partial charge >= 0.3 is 6.09 Å². The zero-order chi connectivity index (χ0) is 14.5. The number of carbonyl (C=O) groups excluding carboxylic acids is 1. The third-order valence-electron chi connectivity index (χ3n) is 3.26. The van der Waals surface area contributed by atoms with Crippen molar-refractivity contribution >= 4 is 6.09 Å². The van der Waals surface area contributed by atoms with E-state index in [2.05, 4.69) is 31.3 Å². The van der Waals surface area contributed by atoms with Crippen molar-refractivity contribution in [3.8, 4) is 0 Å². The van der Waals surface area contributed by atoms with Gasteiger partial charge in [-0.25, -0.2) is 4.79 Å². The number of ether oxygens (including phenoxy) is 1. The summed E-state index contributed by atoms with van der Waals surface area (Å²) in [7, 11) is 0. The molecule has 0 aromatic heterocycles. The third kappa shape index (κ3) is 7.24. The van der Waals surface area contributed by atoms with Gasteiger partial charge in [0.25, 0.3) is 0 Å². The van der Waals surface area contributed by atoms with Crippen LogP contribution in [0.25, 0.3) is 0 Å². The molecule has 110 valence electrons. The van der Waals surface area contributed by atoms with Gasteiger partial charge in [-0.1, -0.05) is 26.0 Å². The molecule has 1 fully saturated rings. The Hall–Kier alpha value is -0.990. The molecule has 0 heterocycles. The van der Waals surface area contributed by atoms with E-state index in [0.29, 0.717) is 11.8 Å². The highest BCUT2D eigenvalue weighted by molar-refractivity contribution is 5.68. The first kappa shape index (κ1) is 16.1. The van der Waals surface area contributed by atoms with Gasteiger partial charge in [0.1, 0.15) is 5.60 Å². The van der Waals surface area contributed by atoms with E-state index < -0.39 is 5.60 Å². The van der Waals surface area contributed by atoms with Gasteiger partial charge in [0.2, 0.25) is 0 Å².